The van der Waals surface area contributed by atoms with Gasteiger partial charge in [-0.2, -0.15) is 0 Å². The number of furan rings is 1. The monoisotopic (exact) mass is 679 g/mol. The molecule has 0 fully saturated rings. The zero-order valence-electron chi connectivity index (χ0n) is 31.1. The van der Waals surface area contributed by atoms with Gasteiger partial charge in [0.1, 0.15) is 11.2 Å². The van der Waals surface area contributed by atoms with E-state index in [1.54, 1.807) is 0 Å². The summed E-state index contributed by atoms with van der Waals surface area (Å²) in [6, 6.07) is 61.6. The van der Waals surface area contributed by atoms with Crippen molar-refractivity contribution < 1.29 is 5.79 Å². The highest BCUT2D eigenvalue weighted by molar-refractivity contribution is 6.22. The molecule has 9 aromatic carbocycles. The Bertz CT molecular complexity index is 3030. The number of fused-ring (bicyclic) bond motifs is 6. The summed E-state index contributed by atoms with van der Waals surface area (Å²) in [5.74, 6) is 0. The molecule has 0 saturated carbocycles. The van der Waals surface area contributed by atoms with Crippen LogP contribution < -0.4 is 0 Å². The smallest absolute Gasteiger partial charge is 0.139 e. The van der Waals surface area contributed by atoms with E-state index < -0.39 is 0 Å². The van der Waals surface area contributed by atoms with Crippen molar-refractivity contribution in [3.8, 4) is 44.5 Å². The molecule has 0 atom stereocenters. The third-order valence-corrected chi connectivity index (χ3v) is 10.9. The molecule has 0 saturated heterocycles. The highest BCUT2D eigenvalue weighted by atomic mass is 16.3. The summed E-state index contributed by atoms with van der Waals surface area (Å²) in [7, 11) is 0. The molecule has 0 aliphatic carbocycles. The molecule has 0 amide bonds. The van der Waals surface area contributed by atoms with Crippen molar-refractivity contribution in [2.45, 2.75) is 26.2 Å². The maximum absolute atomic E-state index is 7.99. The van der Waals surface area contributed by atoms with Crippen LogP contribution in [0.15, 0.2) is 180 Å². The first-order chi connectivity index (χ1) is 26.3. The van der Waals surface area contributed by atoms with Crippen LogP contribution in [0, 0.1) is 0 Å². The van der Waals surface area contributed by atoms with Gasteiger partial charge in [-0.25, -0.2) is 0 Å². The second-order valence-corrected chi connectivity index (χ2v) is 15.2. The second-order valence-electron chi connectivity index (χ2n) is 15.2. The second kappa shape index (κ2) is 12.1. The number of rotatable bonds is 4. The normalized spacial score (nSPS) is 12.3. The Balaban J connectivity index is 1.14. The van der Waals surface area contributed by atoms with Gasteiger partial charge in [0.05, 0.1) is 1.37 Å². The van der Waals surface area contributed by atoms with Crippen molar-refractivity contribution in [2.75, 3.05) is 0 Å². The van der Waals surface area contributed by atoms with Crippen molar-refractivity contribution in [3.63, 3.8) is 0 Å². The van der Waals surface area contributed by atoms with Crippen molar-refractivity contribution in [2.24, 2.45) is 0 Å². The predicted octanol–water partition coefficient (Wildman–Crippen LogP) is 15.0. The van der Waals surface area contributed by atoms with Gasteiger partial charge >= 0.3 is 0 Å². The van der Waals surface area contributed by atoms with E-state index in [4.69, 9.17) is 5.79 Å². The summed E-state index contributed by atoms with van der Waals surface area (Å²) in [4.78, 5) is 0. The fourth-order valence-corrected chi connectivity index (χ4v) is 8.39. The summed E-state index contributed by atoms with van der Waals surface area (Å²) in [5.41, 5.74) is 12.6. The molecule has 0 N–H and O–H groups in total. The molecule has 0 spiro atoms. The van der Waals surface area contributed by atoms with E-state index in [9.17, 15) is 0 Å². The molecule has 0 radical (unpaired) electrons. The van der Waals surface area contributed by atoms with Crippen LogP contribution in [-0.4, -0.2) is 0 Å². The van der Waals surface area contributed by atoms with Crippen LogP contribution in [0.4, 0.5) is 0 Å². The first kappa shape index (κ1) is 30.2. The van der Waals surface area contributed by atoms with Crippen LogP contribution in [0.25, 0.3) is 98.8 Å². The lowest BCUT2D eigenvalue weighted by Crippen LogP contribution is -2.11. The highest BCUT2D eigenvalue weighted by Crippen LogP contribution is 2.46. The SMILES string of the molecule is [2H]c1ccc2cc(-c3ccc(-c4c5ccccc5c(-c5cccc(-c6ccc(C(C)(C)C)c7oc8ccccc8c67)c5)c5ccccc45)cc3)ccc2c1. The average molecular weight is 680 g/mol. The van der Waals surface area contributed by atoms with Gasteiger partial charge in [-0.3, -0.25) is 0 Å². The van der Waals surface area contributed by atoms with E-state index in [1.807, 2.05) is 18.2 Å². The summed E-state index contributed by atoms with van der Waals surface area (Å²) in [6.07, 6.45) is 0. The summed E-state index contributed by atoms with van der Waals surface area (Å²) >= 11 is 0. The van der Waals surface area contributed by atoms with Crippen LogP contribution in [0.1, 0.15) is 27.7 Å². The molecule has 252 valence electrons. The minimum absolute atomic E-state index is 0.0591. The quantitative estimate of drug-likeness (QED) is 0.169. The Kier molecular flexibility index (Phi) is 6.88. The number of hydrogen-bond acceptors (Lipinski definition) is 1. The lowest BCUT2D eigenvalue weighted by Gasteiger charge is -2.20. The first-order valence-corrected chi connectivity index (χ1v) is 18.4. The molecule has 0 unspecified atom stereocenters. The van der Waals surface area contributed by atoms with Crippen LogP contribution in [-0.2, 0) is 5.41 Å². The topological polar surface area (TPSA) is 13.1 Å². The van der Waals surface area contributed by atoms with E-state index in [0.717, 1.165) is 27.3 Å². The zero-order valence-corrected chi connectivity index (χ0v) is 30.1. The minimum Gasteiger partial charge on any atom is -0.456 e. The molecule has 1 heterocycles. The maximum Gasteiger partial charge on any atom is 0.139 e. The number of benzene rings is 9. The molecule has 1 nitrogen and oxygen atoms in total. The molecular weight excluding hydrogens is 641 g/mol. The fourth-order valence-electron chi connectivity index (χ4n) is 8.39. The lowest BCUT2D eigenvalue weighted by atomic mass is 9.83. The van der Waals surface area contributed by atoms with E-state index in [0.29, 0.717) is 6.04 Å². The van der Waals surface area contributed by atoms with Gasteiger partial charge in [0.15, 0.2) is 0 Å². The van der Waals surface area contributed by atoms with Gasteiger partial charge in [-0.1, -0.05) is 178 Å². The Morgan fingerprint density at radius 3 is 1.74 bits per heavy atom. The van der Waals surface area contributed by atoms with E-state index in [1.165, 1.54) is 77.0 Å². The summed E-state index contributed by atoms with van der Waals surface area (Å²) < 4.78 is 14.6. The third kappa shape index (κ3) is 5.15. The van der Waals surface area contributed by atoms with Crippen molar-refractivity contribution in [1.29, 1.82) is 0 Å². The maximum atomic E-state index is 7.99. The molecule has 10 rings (SSSR count). The third-order valence-electron chi connectivity index (χ3n) is 10.9. The van der Waals surface area contributed by atoms with Gasteiger partial charge in [0.2, 0.25) is 0 Å². The van der Waals surface area contributed by atoms with Gasteiger partial charge < -0.3 is 4.42 Å². The van der Waals surface area contributed by atoms with Crippen molar-refractivity contribution >= 4 is 54.3 Å². The molecule has 1 heteroatoms. The van der Waals surface area contributed by atoms with Crippen molar-refractivity contribution in [3.05, 3.63) is 181 Å². The van der Waals surface area contributed by atoms with Crippen LogP contribution >= 0.6 is 0 Å². The van der Waals surface area contributed by atoms with Gasteiger partial charge in [0, 0.05) is 16.3 Å². The van der Waals surface area contributed by atoms with Crippen molar-refractivity contribution in [1.82, 2.24) is 0 Å². The lowest BCUT2D eigenvalue weighted by molar-refractivity contribution is 0.573. The van der Waals surface area contributed by atoms with Crippen LogP contribution in [0.2, 0.25) is 0 Å². The van der Waals surface area contributed by atoms with Crippen LogP contribution in [0.3, 0.4) is 0 Å². The fraction of sp³-hybridized carbons (Fsp3) is 0.0769. The molecule has 0 aliphatic rings. The molecule has 0 aliphatic heterocycles. The molecule has 53 heavy (non-hydrogen) atoms. The Hall–Kier alpha value is -6.44. The van der Waals surface area contributed by atoms with E-state index >= 15 is 0 Å². The molecule has 10 aromatic rings. The standard InChI is InChI=1S/C52H38O/c1-52(2,3)46-30-29-40(50-45-21-10-11-22-47(45)53-51(46)50)38-15-12-16-39(32-38)49-43-19-8-6-17-41(43)48(42-18-7-9-20-44(42)49)35-26-23-34(24-27-35)37-28-25-33-13-4-5-14-36(33)31-37/h4-32H,1-3H3/i4D. The number of hydrogen-bond donors (Lipinski definition) is 0. The van der Waals surface area contributed by atoms with Crippen LogP contribution in [0.5, 0.6) is 0 Å². The highest BCUT2D eigenvalue weighted by Gasteiger charge is 2.24. The zero-order chi connectivity index (χ0) is 36.6. The summed E-state index contributed by atoms with van der Waals surface area (Å²) in [5, 5.41) is 9.50. The van der Waals surface area contributed by atoms with E-state index in [2.05, 4.69) is 172 Å². The minimum atomic E-state index is -0.0591. The largest absolute Gasteiger partial charge is 0.456 e. The summed E-state index contributed by atoms with van der Waals surface area (Å²) in [6.45, 7) is 6.76. The van der Waals surface area contributed by atoms with E-state index in [-0.39, 0.29) is 5.41 Å². The Morgan fingerprint density at radius 1 is 0.434 bits per heavy atom. The Labute approximate surface area is 311 Å². The first-order valence-electron chi connectivity index (χ1n) is 18.9. The average Bonchev–Trinajstić information content (AvgIpc) is 3.59. The Morgan fingerprint density at radius 2 is 1.04 bits per heavy atom. The molecular formula is C52H38O. The molecule has 0 bridgehead atoms. The van der Waals surface area contributed by atoms with Gasteiger partial charge in [-0.05, 0) is 100 Å². The number of para-hydroxylation sites is 1. The molecule has 1 aromatic heterocycles. The van der Waals surface area contributed by atoms with Gasteiger partial charge in [-0.15, -0.1) is 0 Å². The van der Waals surface area contributed by atoms with Gasteiger partial charge in [0.25, 0.3) is 0 Å². The predicted molar refractivity (Wildman–Crippen MR) is 227 cm³/mol.